The summed E-state index contributed by atoms with van der Waals surface area (Å²) in [6.45, 7) is 5.85. The molecule has 174 valence electrons. The molecule has 6 nitrogen and oxygen atoms in total. The Morgan fingerprint density at radius 2 is 1.71 bits per heavy atom. The highest BCUT2D eigenvalue weighted by molar-refractivity contribution is 7.99. The number of rotatable bonds is 8. The first-order chi connectivity index (χ1) is 16.4. The second-order valence-electron chi connectivity index (χ2n) is 7.94. The number of carbonyl (C=O) groups excluding carboxylic acids is 1. The summed E-state index contributed by atoms with van der Waals surface area (Å²) in [4.78, 5) is 12.6. The number of aromatic nitrogens is 3. The zero-order chi connectivity index (χ0) is 24.1. The normalized spacial score (nSPS) is 11.8. The molecule has 0 aliphatic heterocycles. The Bertz CT molecular complexity index is 1260. The van der Waals surface area contributed by atoms with Crippen molar-refractivity contribution in [1.29, 1.82) is 0 Å². The van der Waals surface area contributed by atoms with Crippen LogP contribution in [0.1, 0.15) is 30.0 Å². The predicted molar refractivity (Wildman–Crippen MR) is 132 cm³/mol. The van der Waals surface area contributed by atoms with Gasteiger partial charge in [-0.2, -0.15) is 0 Å². The van der Waals surface area contributed by atoms with Gasteiger partial charge < -0.3 is 10.1 Å². The van der Waals surface area contributed by atoms with Crippen LogP contribution in [0.2, 0.25) is 0 Å². The minimum absolute atomic E-state index is 0.130. The first-order valence-electron chi connectivity index (χ1n) is 10.8. The molecule has 1 N–H and O–H groups in total. The number of benzene rings is 3. The van der Waals surface area contributed by atoms with Gasteiger partial charge in [0.1, 0.15) is 11.6 Å². The van der Waals surface area contributed by atoms with Crippen molar-refractivity contribution in [2.24, 2.45) is 0 Å². The Morgan fingerprint density at radius 3 is 2.38 bits per heavy atom. The second kappa shape index (κ2) is 10.5. The van der Waals surface area contributed by atoms with Gasteiger partial charge in [-0.05, 0) is 80.4 Å². The number of carbonyl (C=O) groups is 1. The van der Waals surface area contributed by atoms with Crippen LogP contribution in [0.25, 0.3) is 5.69 Å². The summed E-state index contributed by atoms with van der Waals surface area (Å²) in [5.41, 5.74) is 3.81. The van der Waals surface area contributed by atoms with E-state index in [1.807, 2.05) is 67.8 Å². The Balaban J connectivity index is 1.53. The van der Waals surface area contributed by atoms with Crippen molar-refractivity contribution < 1.29 is 13.9 Å². The van der Waals surface area contributed by atoms with Crippen LogP contribution in [0.15, 0.2) is 78.0 Å². The molecule has 0 saturated heterocycles. The molecule has 0 radical (unpaired) electrons. The van der Waals surface area contributed by atoms with Gasteiger partial charge in [0.15, 0.2) is 17.1 Å². The molecule has 1 unspecified atom stereocenters. The Hall–Kier alpha value is -3.65. The Morgan fingerprint density at radius 1 is 1.03 bits per heavy atom. The maximum atomic E-state index is 13.2. The van der Waals surface area contributed by atoms with E-state index in [0.717, 1.165) is 22.5 Å². The zero-order valence-electron chi connectivity index (χ0n) is 19.2. The molecular weight excluding hydrogens is 451 g/mol. The number of halogens is 1. The van der Waals surface area contributed by atoms with Crippen LogP contribution in [0.3, 0.4) is 0 Å². The Labute approximate surface area is 202 Å². The summed E-state index contributed by atoms with van der Waals surface area (Å²) >= 11 is 1.30. The quantitative estimate of drug-likeness (QED) is 0.321. The van der Waals surface area contributed by atoms with Crippen molar-refractivity contribution in [3.63, 3.8) is 0 Å². The van der Waals surface area contributed by atoms with Crippen molar-refractivity contribution in [3.8, 4) is 11.4 Å². The summed E-state index contributed by atoms with van der Waals surface area (Å²) in [6, 6.07) is 21.4. The van der Waals surface area contributed by atoms with Gasteiger partial charge in [0, 0.05) is 11.4 Å². The number of thioether (sulfide) groups is 1. The number of hydrogen-bond acceptors (Lipinski definition) is 5. The standard InChI is InChI=1S/C26H25FN4O2S/c1-17-13-18(2)15-21(14-17)28-24(32)16-34-26-30-29-25(31(26)22-7-5-4-6-8-22)19(3)33-23-11-9-20(27)10-12-23/h4-15,19H,16H2,1-3H3,(H,28,32). The lowest BCUT2D eigenvalue weighted by molar-refractivity contribution is -0.113. The van der Waals surface area contributed by atoms with E-state index in [1.165, 1.54) is 23.9 Å². The summed E-state index contributed by atoms with van der Waals surface area (Å²) in [6.07, 6.45) is -0.461. The highest BCUT2D eigenvalue weighted by atomic mass is 32.2. The summed E-state index contributed by atoms with van der Waals surface area (Å²) in [5.74, 6) is 0.817. The fraction of sp³-hybridized carbons (Fsp3) is 0.192. The van der Waals surface area contributed by atoms with E-state index >= 15 is 0 Å². The monoisotopic (exact) mass is 476 g/mol. The fourth-order valence-corrected chi connectivity index (χ4v) is 4.36. The van der Waals surface area contributed by atoms with Crippen molar-refractivity contribution in [2.45, 2.75) is 32.0 Å². The van der Waals surface area contributed by atoms with Gasteiger partial charge in [-0.1, -0.05) is 36.0 Å². The molecule has 4 aromatic rings. The molecule has 0 fully saturated rings. The SMILES string of the molecule is Cc1cc(C)cc(NC(=O)CSc2nnc(C(C)Oc3ccc(F)cc3)n2-c2ccccc2)c1. The summed E-state index contributed by atoms with van der Waals surface area (Å²) < 4.78 is 21.1. The van der Waals surface area contributed by atoms with Crippen molar-refractivity contribution in [3.05, 3.63) is 95.6 Å². The lowest BCUT2D eigenvalue weighted by Gasteiger charge is -2.16. The highest BCUT2D eigenvalue weighted by Gasteiger charge is 2.21. The van der Waals surface area contributed by atoms with E-state index in [4.69, 9.17) is 4.74 Å². The summed E-state index contributed by atoms with van der Waals surface area (Å²) in [7, 11) is 0. The molecule has 8 heteroatoms. The molecule has 1 heterocycles. The third-order valence-corrected chi connectivity index (χ3v) is 5.93. The minimum atomic E-state index is -0.461. The van der Waals surface area contributed by atoms with E-state index in [9.17, 15) is 9.18 Å². The summed E-state index contributed by atoms with van der Waals surface area (Å²) in [5, 5.41) is 12.2. The van der Waals surface area contributed by atoms with Crippen LogP contribution >= 0.6 is 11.8 Å². The van der Waals surface area contributed by atoms with Crippen LogP contribution in [-0.4, -0.2) is 26.4 Å². The zero-order valence-corrected chi connectivity index (χ0v) is 20.0. The number of ether oxygens (including phenoxy) is 1. The molecule has 0 spiro atoms. The number of hydrogen-bond donors (Lipinski definition) is 1. The molecule has 3 aromatic carbocycles. The van der Waals surface area contributed by atoms with E-state index in [0.29, 0.717) is 16.7 Å². The third-order valence-electron chi connectivity index (χ3n) is 5.00. The molecule has 1 aromatic heterocycles. The average molecular weight is 477 g/mol. The molecule has 0 saturated carbocycles. The molecular formula is C26H25FN4O2S. The van der Waals surface area contributed by atoms with E-state index in [1.54, 1.807) is 12.1 Å². The highest BCUT2D eigenvalue weighted by Crippen LogP contribution is 2.28. The van der Waals surface area contributed by atoms with Gasteiger partial charge in [-0.3, -0.25) is 9.36 Å². The van der Waals surface area contributed by atoms with Crippen LogP contribution in [0.4, 0.5) is 10.1 Å². The minimum Gasteiger partial charge on any atom is -0.483 e. The average Bonchev–Trinajstić information content (AvgIpc) is 3.23. The van der Waals surface area contributed by atoms with Crippen molar-refractivity contribution >= 4 is 23.4 Å². The number of aryl methyl sites for hydroxylation is 2. The number of amides is 1. The number of nitrogens with zero attached hydrogens (tertiary/aromatic N) is 3. The lowest BCUT2D eigenvalue weighted by Crippen LogP contribution is -2.15. The third kappa shape index (κ3) is 5.82. The Kier molecular flexibility index (Phi) is 7.27. The van der Waals surface area contributed by atoms with Gasteiger partial charge in [0.2, 0.25) is 5.91 Å². The molecule has 34 heavy (non-hydrogen) atoms. The van der Waals surface area contributed by atoms with E-state index < -0.39 is 6.10 Å². The first-order valence-corrected chi connectivity index (χ1v) is 11.8. The molecule has 1 amide bonds. The number of anilines is 1. The predicted octanol–water partition coefficient (Wildman–Crippen LogP) is 5.89. The van der Waals surface area contributed by atoms with Gasteiger partial charge in [-0.25, -0.2) is 4.39 Å². The van der Waals surface area contributed by atoms with E-state index in [-0.39, 0.29) is 17.5 Å². The van der Waals surface area contributed by atoms with Gasteiger partial charge >= 0.3 is 0 Å². The molecule has 4 rings (SSSR count). The van der Waals surface area contributed by atoms with Crippen molar-refractivity contribution in [1.82, 2.24) is 14.8 Å². The lowest BCUT2D eigenvalue weighted by atomic mass is 10.1. The molecule has 0 bridgehead atoms. The van der Waals surface area contributed by atoms with Crippen LogP contribution in [0.5, 0.6) is 5.75 Å². The van der Waals surface area contributed by atoms with Crippen LogP contribution in [-0.2, 0) is 4.79 Å². The number of nitrogens with one attached hydrogen (secondary N) is 1. The molecule has 0 aliphatic rings. The second-order valence-corrected chi connectivity index (χ2v) is 8.88. The first kappa shape index (κ1) is 23.5. The van der Waals surface area contributed by atoms with Gasteiger partial charge in [0.25, 0.3) is 0 Å². The van der Waals surface area contributed by atoms with Crippen LogP contribution in [0, 0.1) is 19.7 Å². The maximum absolute atomic E-state index is 13.2. The van der Waals surface area contributed by atoms with Gasteiger partial charge in [0.05, 0.1) is 5.75 Å². The maximum Gasteiger partial charge on any atom is 0.234 e. The number of para-hydroxylation sites is 1. The topological polar surface area (TPSA) is 69.0 Å². The smallest absolute Gasteiger partial charge is 0.234 e. The molecule has 0 aliphatic carbocycles. The van der Waals surface area contributed by atoms with E-state index in [2.05, 4.69) is 21.6 Å². The molecule has 1 atom stereocenters. The van der Waals surface area contributed by atoms with Gasteiger partial charge in [-0.15, -0.1) is 10.2 Å². The largest absolute Gasteiger partial charge is 0.483 e. The fourth-order valence-electron chi connectivity index (χ4n) is 3.60. The van der Waals surface area contributed by atoms with Crippen molar-refractivity contribution in [2.75, 3.05) is 11.1 Å². The van der Waals surface area contributed by atoms with Crippen LogP contribution < -0.4 is 10.1 Å².